The van der Waals surface area contributed by atoms with Crippen LogP contribution in [0.25, 0.3) is 11.2 Å². The third-order valence-electron chi connectivity index (χ3n) is 5.94. The van der Waals surface area contributed by atoms with Crippen LogP contribution in [0, 0.1) is 5.92 Å². The molecule has 1 aliphatic rings. The van der Waals surface area contributed by atoms with Crippen molar-refractivity contribution in [3.63, 3.8) is 0 Å². The Morgan fingerprint density at radius 2 is 2.00 bits per heavy atom. The molecule has 2 N–H and O–H groups in total. The number of likely N-dealkylation sites (tertiary alicyclic amines) is 1. The lowest BCUT2D eigenvalue weighted by Gasteiger charge is -2.22. The minimum atomic E-state index is -1.11. The van der Waals surface area contributed by atoms with Crippen molar-refractivity contribution in [2.45, 2.75) is 65.1 Å². The highest BCUT2D eigenvalue weighted by Crippen LogP contribution is 2.19. The van der Waals surface area contributed by atoms with E-state index in [0.717, 1.165) is 37.7 Å². The molecule has 32 heavy (non-hydrogen) atoms. The molecule has 0 aromatic carbocycles. The lowest BCUT2D eigenvalue weighted by Crippen LogP contribution is -2.42. The Hall–Kier alpha value is -2.46. The summed E-state index contributed by atoms with van der Waals surface area (Å²) in [5, 5.41) is 5.83. The zero-order valence-corrected chi connectivity index (χ0v) is 20.9. The molecule has 0 bridgehead atoms. The van der Waals surface area contributed by atoms with Gasteiger partial charge in [0.25, 0.3) is 0 Å². The summed E-state index contributed by atoms with van der Waals surface area (Å²) >= 11 is 0. The Kier molecular flexibility index (Phi) is 7.89. The smallest absolute Gasteiger partial charge is 0.320 e. The molecule has 1 saturated heterocycles. The van der Waals surface area contributed by atoms with E-state index in [1.807, 2.05) is 21.7 Å². The maximum absolute atomic E-state index is 12.6. The molecule has 0 radical (unpaired) electrons. The van der Waals surface area contributed by atoms with Gasteiger partial charge in [-0.15, -0.1) is 0 Å². The van der Waals surface area contributed by atoms with Crippen LogP contribution in [0.1, 0.15) is 26.7 Å². The van der Waals surface area contributed by atoms with Gasteiger partial charge in [0.05, 0.1) is 6.20 Å². The van der Waals surface area contributed by atoms with Crippen LogP contribution in [0.4, 0.5) is 10.6 Å². The molecule has 2 unspecified atom stereocenters. The standard InChI is InChI=1S/C22H36N6O3Si/c1-16-6-9-27(17(2)29)10-7-18(16)25-22(30)26-20-14-23-21-19(24-20)8-11-28(21)15-31-12-13-32(3,4)5/h8,11,14,16,18H,6-7,9-10,12-13,15H2,1-5H3,(H2,24,25,26,30). The molecular weight excluding hydrogens is 424 g/mol. The van der Waals surface area contributed by atoms with Gasteiger partial charge in [-0.25, -0.2) is 14.8 Å². The molecule has 3 rings (SSSR count). The average molecular weight is 461 g/mol. The number of amides is 3. The first kappa shape index (κ1) is 24.2. The number of nitrogens with zero attached hydrogens (tertiary/aromatic N) is 4. The molecule has 0 saturated carbocycles. The van der Waals surface area contributed by atoms with E-state index in [0.29, 0.717) is 24.6 Å². The van der Waals surface area contributed by atoms with E-state index >= 15 is 0 Å². The number of urea groups is 1. The number of ether oxygens (including phenoxy) is 1. The molecule has 10 heteroatoms. The van der Waals surface area contributed by atoms with Crippen LogP contribution in [0.5, 0.6) is 0 Å². The highest BCUT2D eigenvalue weighted by Gasteiger charge is 2.25. The van der Waals surface area contributed by atoms with E-state index in [4.69, 9.17) is 4.74 Å². The third kappa shape index (κ3) is 6.77. The van der Waals surface area contributed by atoms with Gasteiger partial charge in [-0.1, -0.05) is 26.6 Å². The molecule has 2 aromatic heterocycles. The molecule has 0 aliphatic carbocycles. The van der Waals surface area contributed by atoms with Crippen LogP contribution in [0.3, 0.4) is 0 Å². The number of hydrogen-bond acceptors (Lipinski definition) is 5. The van der Waals surface area contributed by atoms with Crippen LogP contribution in [0.2, 0.25) is 25.7 Å². The number of carbonyl (C=O) groups excluding carboxylic acids is 2. The number of aromatic nitrogens is 3. The van der Waals surface area contributed by atoms with Gasteiger partial charge in [0.2, 0.25) is 5.91 Å². The molecule has 2 aromatic rings. The largest absolute Gasteiger partial charge is 0.361 e. The zero-order valence-electron chi connectivity index (χ0n) is 19.9. The van der Waals surface area contributed by atoms with Gasteiger partial charge >= 0.3 is 6.03 Å². The van der Waals surface area contributed by atoms with E-state index < -0.39 is 8.07 Å². The average Bonchev–Trinajstić information content (AvgIpc) is 3.01. The summed E-state index contributed by atoms with van der Waals surface area (Å²) in [5.41, 5.74) is 1.43. The molecule has 176 valence electrons. The van der Waals surface area contributed by atoms with Crippen LogP contribution in [-0.2, 0) is 16.3 Å². The highest BCUT2D eigenvalue weighted by molar-refractivity contribution is 6.76. The van der Waals surface area contributed by atoms with Gasteiger partial charge in [0, 0.05) is 46.9 Å². The van der Waals surface area contributed by atoms with Gasteiger partial charge < -0.3 is 19.5 Å². The Morgan fingerprint density at radius 3 is 2.72 bits per heavy atom. The number of rotatable bonds is 7. The third-order valence-corrected chi connectivity index (χ3v) is 7.65. The second-order valence-corrected chi connectivity index (χ2v) is 15.5. The van der Waals surface area contributed by atoms with Gasteiger partial charge in [-0.05, 0) is 30.9 Å². The van der Waals surface area contributed by atoms with Gasteiger partial charge in [-0.2, -0.15) is 0 Å². The van der Waals surface area contributed by atoms with Crippen molar-refractivity contribution >= 4 is 37.0 Å². The Bertz CT molecular complexity index is 941. The molecule has 1 aliphatic heterocycles. The first-order chi connectivity index (χ1) is 15.1. The van der Waals surface area contributed by atoms with Crippen molar-refractivity contribution in [2.24, 2.45) is 5.92 Å². The monoisotopic (exact) mass is 460 g/mol. The summed E-state index contributed by atoms with van der Waals surface area (Å²) in [6.45, 7) is 13.3. The van der Waals surface area contributed by atoms with Crippen molar-refractivity contribution in [3.8, 4) is 0 Å². The lowest BCUT2D eigenvalue weighted by molar-refractivity contribution is -0.128. The second kappa shape index (κ2) is 10.4. The molecule has 3 heterocycles. The Morgan fingerprint density at radius 1 is 1.25 bits per heavy atom. The van der Waals surface area contributed by atoms with Crippen molar-refractivity contribution in [3.05, 3.63) is 18.5 Å². The van der Waals surface area contributed by atoms with Crippen LogP contribution in [-0.4, -0.2) is 65.2 Å². The van der Waals surface area contributed by atoms with Crippen LogP contribution in [0.15, 0.2) is 18.5 Å². The minimum absolute atomic E-state index is 0.00503. The van der Waals surface area contributed by atoms with Crippen molar-refractivity contribution in [1.29, 1.82) is 0 Å². The predicted molar refractivity (Wildman–Crippen MR) is 128 cm³/mol. The van der Waals surface area contributed by atoms with Crippen LogP contribution >= 0.6 is 0 Å². The van der Waals surface area contributed by atoms with Gasteiger partial charge in [-0.3, -0.25) is 10.1 Å². The fourth-order valence-electron chi connectivity index (χ4n) is 3.77. The summed E-state index contributed by atoms with van der Waals surface area (Å²) in [5.74, 6) is 0.770. The number of anilines is 1. The number of nitrogens with one attached hydrogen (secondary N) is 2. The number of fused-ring (bicyclic) bond motifs is 1. The van der Waals surface area contributed by atoms with Crippen LogP contribution < -0.4 is 10.6 Å². The quantitative estimate of drug-likeness (QED) is 0.486. The Labute approximate surface area is 190 Å². The number of hydrogen-bond donors (Lipinski definition) is 2. The topological polar surface area (TPSA) is 101 Å². The first-order valence-corrected chi connectivity index (χ1v) is 15.1. The molecule has 0 spiro atoms. The fraction of sp³-hybridized carbons (Fsp3) is 0.636. The van der Waals surface area contributed by atoms with Crippen molar-refractivity contribution < 1.29 is 14.3 Å². The van der Waals surface area contributed by atoms with Gasteiger partial charge in [0.1, 0.15) is 12.2 Å². The Balaban J connectivity index is 1.54. The summed E-state index contributed by atoms with van der Waals surface area (Å²) < 4.78 is 7.73. The number of carbonyl (C=O) groups is 2. The summed E-state index contributed by atoms with van der Waals surface area (Å²) in [4.78, 5) is 35.0. The van der Waals surface area contributed by atoms with E-state index in [9.17, 15) is 9.59 Å². The van der Waals surface area contributed by atoms with Crippen molar-refractivity contribution in [2.75, 3.05) is 25.0 Å². The first-order valence-electron chi connectivity index (χ1n) is 11.3. The molecule has 1 fully saturated rings. The minimum Gasteiger partial charge on any atom is -0.361 e. The normalized spacial score (nSPS) is 19.6. The molecule has 3 amide bonds. The molecular formula is C22H36N6O3Si. The van der Waals surface area contributed by atoms with Crippen molar-refractivity contribution in [1.82, 2.24) is 24.8 Å². The molecule has 9 nitrogen and oxygen atoms in total. The predicted octanol–water partition coefficient (Wildman–Crippen LogP) is 3.51. The summed E-state index contributed by atoms with van der Waals surface area (Å²) in [7, 11) is -1.11. The fourth-order valence-corrected chi connectivity index (χ4v) is 4.53. The maximum Gasteiger partial charge on any atom is 0.320 e. The zero-order chi connectivity index (χ0) is 23.3. The highest BCUT2D eigenvalue weighted by atomic mass is 28.3. The second-order valence-electron chi connectivity index (χ2n) is 9.86. The van der Waals surface area contributed by atoms with E-state index in [1.54, 1.807) is 13.1 Å². The van der Waals surface area contributed by atoms with E-state index in [-0.39, 0.29) is 23.9 Å². The lowest BCUT2D eigenvalue weighted by atomic mass is 9.97. The summed E-state index contributed by atoms with van der Waals surface area (Å²) in [6, 6.07) is 2.69. The summed E-state index contributed by atoms with van der Waals surface area (Å²) in [6.07, 6.45) is 5.06. The maximum atomic E-state index is 12.6. The SMILES string of the molecule is CC(=O)N1CCC(C)C(NC(=O)Nc2cnc3c(ccn3COCC[Si](C)(C)C)n2)CC1. The van der Waals surface area contributed by atoms with E-state index in [1.165, 1.54) is 0 Å². The van der Waals surface area contributed by atoms with E-state index in [2.05, 4.69) is 47.2 Å². The van der Waals surface area contributed by atoms with Gasteiger partial charge in [0.15, 0.2) is 11.5 Å². The molecule has 2 atom stereocenters.